The van der Waals surface area contributed by atoms with E-state index in [2.05, 4.69) is 5.32 Å². The van der Waals surface area contributed by atoms with Gasteiger partial charge in [-0.1, -0.05) is 48.5 Å². The molecule has 1 N–H and O–H groups in total. The Kier molecular flexibility index (Phi) is 5.31. The Morgan fingerprint density at radius 3 is 2.44 bits per heavy atom. The Labute approximate surface area is 157 Å². The van der Waals surface area contributed by atoms with Gasteiger partial charge < -0.3 is 24.3 Å². The molecular weight excluding hydrogens is 346 g/mol. The molecule has 6 heteroatoms. The molecule has 2 aliphatic heterocycles. The number of methoxy groups -OCH3 is 1. The number of benzene rings is 2. The van der Waals surface area contributed by atoms with Crippen LogP contribution < -0.4 is 5.32 Å². The minimum atomic E-state index is -0.962. The number of rotatable bonds is 4. The average molecular weight is 367 g/mol. The molecule has 0 spiro atoms. The predicted molar refractivity (Wildman–Crippen MR) is 98.8 cm³/mol. The molecule has 140 valence electrons. The molecule has 4 atom stereocenters. The Morgan fingerprint density at radius 2 is 1.74 bits per heavy atom. The van der Waals surface area contributed by atoms with Crippen LogP contribution in [0.3, 0.4) is 0 Å². The summed E-state index contributed by atoms with van der Waals surface area (Å²) in [7, 11) is 1.45. The number of ether oxygens (including phenoxy) is 4. The number of Topliss-reactive ketones (excluding diaryl/α,β-unsaturated/α-hetero) is 1. The molecule has 0 unspecified atom stereocenters. The van der Waals surface area contributed by atoms with Gasteiger partial charge in [0, 0.05) is 30.1 Å². The number of anilines is 1. The van der Waals surface area contributed by atoms with Gasteiger partial charge in [-0.3, -0.25) is 4.79 Å². The SMILES string of the molecule is CO[C@H]1O[C@@H]2CO[C@@H](c3ccccc3)O[C@H]2/C(=C/Nc2ccccc2)C1=O. The van der Waals surface area contributed by atoms with E-state index in [1.807, 2.05) is 60.7 Å². The topological polar surface area (TPSA) is 66.0 Å². The van der Waals surface area contributed by atoms with Crippen LogP contribution in [0.15, 0.2) is 72.4 Å². The Bertz CT molecular complexity index is 808. The van der Waals surface area contributed by atoms with E-state index in [1.165, 1.54) is 7.11 Å². The van der Waals surface area contributed by atoms with E-state index in [1.54, 1.807) is 6.20 Å². The Hall–Kier alpha value is -2.51. The van der Waals surface area contributed by atoms with Gasteiger partial charge in [-0.25, -0.2) is 0 Å². The molecule has 6 nitrogen and oxygen atoms in total. The zero-order chi connectivity index (χ0) is 18.6. The summed E-state index contributed by atoms with van der Waals surface area (Å²) >= 11 is 0. The van der Waals surface area contributed by atoms with E-state index in [-0.39, 0.29) is 5.78 Å². The van der Waals surface area contributed by atoms with Crippen molar-refractivity contribution in [2.45, 2.75) is 24.8 Å². The monoisotopic (exact) mass is 367 g/mol. The lowest BCUT2D eigenvalue weighted by atomic mass is 9.96. The first-order chi connectivity index (χ1) is 13.3. The van der Waals surface area contributed by atoms with Crippen molar-refractivity contribution in [3.05, 3.63) is 78.0 Å². The van der Waals surface area contributed by atoms with Gasteiger partial charge in [-0.05, 0) is 12.1 Å². The summed E-state index contributed by atoms with van der Waals surface area (Å²) in [6.45, 7) is 0.306. The third-order valence-corrected chi connectivity index (χ3v) is 4.58. The molecule has 2 aliphatic rings. The van der Waals surface area contributed by atoms with Crippen LogP contribution >= 0.6 is 0 Å². The molecule has 2 aromatic rings. The minimum Gasteiger partial charge on any atom is -0.361 e. The maximum Gasteiger partial charge on any atom is 0.222 e. The zero-order valence-electron chi connectivity index (χ0n) is 14.9. The highest BCUT2D eigenvalue weighted by atomic mass is 16.7. The number of hydrogen-bond donors (Lipinski definition) is 1. The summed E-state index contributed by atoms with van der Waals surface area (Å²) in [5.74, 6) is -0.254. The van der Waals surface area contributed by atoms with Gasteiger partial charge in [0.1, 0.15) is 12.2 Å². The maximum absolute atomic E-state index is 12.8. The molecule has 0 radical (unpaired) electrons. The van der Waals surface area contributed by atoms with Crippen LogP contribution in [0.25, 0.3) is 0 Å². The van der Waals surface area contributed by atoms with Gasteiger partial charge >= 0.3 is 0 Å². The van der Waals surface area contributed by atoms with Crippen LogP contribution in [-0.4, -0.2) is 38.0 Å². The van der Waals surface area contributed by atoms with Crippen molar-refractivity contribution < 1.29 is 23.7 Å². The lowest BCUT2D eigenvalue weighted by molar-refractivity contribution is -0.288. The van der Waals surface area contributed by atoms with Crippen molar-refractivity contribution >= 4 is 11.5 Å². The number of carbonyl (C=O) groups is 1. The van der Waals surface area contributed by atoms with E-state index in [0.29, 0.717) is 12.2 Å². The van der Waals surface area contributed by atoms with Crippen LogP contribution in [0.2, 0.25) is 0 Å². The molecule has 0 bridgehead atoms. The Balaban J connectivity index is 1.60. The quantitative estimate of drug-likeness (QED) is 0.838. The standard InChI is InChI=1S/C21H21NO5/c1-24-21-18(23)16(12-22-15-10-6-3-7-11-15)19-17(26-21)13-25-20(27-19)14-8-4-2-5-9-14/h2-12,17,19-22H,13H2,1H3/b16-12+/t17-,19+,20-,21+/m1/s1. The van der Waals surface area contributed by atoms with Gasteiger partial charge in [0.15, 0.2) is 6.29 Å². The largest absolute Gasteiger partial charge is 0.361 e. The summed E-state index contributed by atoms with van der Waals surface area (Å²) in [6.07, 6.45) is -0.800. The van der Waals surface area contributed by atoms with Gasteiger partial charge in [0.05, 0.1) is 6.61 Å². The van der Waals surface area contributed by atoms with Gasteiger partial charge in [0.2, 0.25) is 12.1 Å². The van der Waals surface area contributed by atoms with Crippen molar-refractivity contribution in [1.29, 1.82) is 0 Å². The first-order valence-corrected chi connectivity index (χ1v) is 8.82. The number of fused-ring (bicyclic) bond motifs is 1. The fourth-order valence-corrected chi connectivity index (χ4v) is 3.21. The highest BCUT2D eigenvalue weighted by Gasteiger charge is 2.46. The van der Waals surface area contributed by atoms with Crippen molar-refractivity contribution in [3.8, 4) is 0 Å². The highest BCUT2D eigenvalue weighted by Crippen LogP contribution is 2.35. The van der Waals surface area contributed by atoms with E-state index in [0.717, 1.165) is 11.3 Å². The number of carbonyl (C=O) groups excluding carboxylic acids is 1. The van der Waals surface area contributed by atoms with Crippen LogP contribution in [0.4, 0.5) is 5.69 Å². The van der Waals surface area contributed by atoms with Crippen molar-refractivity contribution in [1.82, 2.24) is 0 Å². The number of ketones is 1. The van der Waals surface area contributed by atoms with Crippen LogP contribution in [0.5, 0.6) is 0 Å². The molecule has 27 heavy (non-hydrogen) atoms. The van der Waals surface area contributed by atoms with Crippen LogP contribution in [0.1, 0.15) is 11.9 Å². The molecule has 0 aromatic heterocycles. The second-order valence-corrected chi connectivity index (χ2v) is 6.35. The smallest absolute Gasteiger partial charge is 0.222 e. The molecule has 2 heterocycles. The van der Waals surface area contributed by atoms with Gasteiger partial charge in [-0.15, -0.1) is 0 Å². The number of para-hydroxylation sites is 1. The normalized spacial score (nSPS) is 29.4. The molecule has 4 rings (SSSR count). The van der Waals surface area contributed by atoms with Crippen molar-refractivity contribution in [3.63, 3.8) is 0 Å². The number of nitrogens with one attached hydrogen (secondary N) is 1. The van der Waals surface area contributed by atoms with Crippen molar-refractivity contribution in [2.24, 2.45) is 0 Å². The predicted octanol–water partition coefficient (Wildman–Crippen LogP) is 3.04. The molecule has 0 amide bonds. The molecule has 0 aliphatic carbocycles. The maximum atomic E-state index is 12.8. The van der Waals surface area contributed by atoms with Crippen molar-refractivity contribution in [2.75, 3.05) is 19.0 Å². The average Bonchev–Trinajstić information content (AvgIpc) is 2.74. The van der Waals surface area contributed by atoms with Crippen LogP contribution in [-0.2, 0) is 23.7 Å². The summed E-state index contributed by atoms with van der Waals surface area (Å²) in [6, 6.07) is 19.2. The molecule has 2 fully saturated rings. The minimum absolute atomic E-state index is 0.254. The first kappa shape index (κ1) is 17.9. The highest BCUT2D eigenvalue weighted by molar-refractivity contribution is 6.00. The first-order valence-electron chi connectivity index (χ1n) is 8.82. The van der Waals surface area contributed by atoms with Gasteiger partial charge in [-0.2, -0.15) is 0 Å². The Morgan fingerprint density at radius 1 is 1.04 bits per heavy atom. The molecule has 2 aromatic carbocycles. The summed E-state index contributed by atoms with van der Waals surface area (Å²) < 4.78 is 22.8. The lowest BCUT2D eigenvalue weighted by Gasteiger charge is -2.42. The number of hydrogen-bond acceptors (Lipinski definition) is 6. The third-order valence-electron chi connectivity index (χ3n) is 4.58. The molecule has 2 saturated heterocycles. The second-order valence-electron chi connectivity index (χ2n) is 6.35. The van der Waals surface area contributed by atoms with E-state index in [9.17, 15) is 4.79 Å². The van der Waals surface area contributed by atoms with E-state index in [4.69, 9.17) is 18.9 Å². The van der Waals surface area contributed by atoms with E-state index >= 15 is 0 Å². The molecule has 0 saturated carbocycles. The molecular formula is C21H21NO5. The summed E-state index contributed by atoms with van der Waals surface area (Å²) in [5, 5.41) is 3.16. The van der Waals surface area contributed by atoms with E-state index < -0.39 is 24.8 Å². The lowest BCUT2D eigenvalue weighted by Crippen LogP contribution is -2.53. The van der Waals surface area contributed by atoms with Gasteiger partial charge in [0.25, 0.3) is 0 Å². The second kappa shape index (κ2) is 8.02. The fourth-order valence-electron chi connectivity index (χ4n) is 3.21. The zero-order valence-corrected chi connectivity index (χ0v) is 14.9. The summed E-state index contributed by atoms with van der Waals surface area (Å²) in [5.41, 5.74) is 2.25. The summed E-state index contributed by atoms with van der Waals surface area (Å²) in [4.78, 5) is 12.8. The third kappa shape index (κ3) is 3.79. The fraction of sp³-hybridized carbons (Fsp3) is 0.286. The van der Waals surface area contributed by atoms with Crippen LogP contribution in [0, 0.1) is 0 Å².